The zero-order valence-corrected chi connectivity index (χ0v) is 11.9. The van der Waals surface area contributed by atoms with E-state index < -0.39 is 0 Å². The number of aromatic nitrogens is 1. The molecule has 1 aliphatic rings. The Hall–Kier alpha value is -1.48. The molecule has 3 rings (SSSR count). The summed E-state index contributed by atoms with van der Waals surface area (Å²) >= 11 is 6.31. The number of halogens is 1. The molecule has 100 valence electrons. The van der Waals surface area contributed by atoms with Crippen LogP contribution in [0.4, 0.5) is 5.88 Å². The lowest BCUT2D eigenvalue weighted by atomic mass is 9.82. The topological polar surface area (TPSA) is 29.3 Å². The molecule has 1 unspecified atom stereocenters. The molecular weight excluding hydrogens is 260 g/mol. The average molecular weight is 277 g/mol. The van der Waals surface area contributed by atoms with Crippen LogP contribution in [0.1, 0.15) is 29.2 Å². The van der Waals surface area contributed by atoms with E-state index in [4.69, 9.17) is 16.1 Å². The first kappa shape index (κ1) is 12.5. The fourth-order valence-electron chi connectivity index (χ4n) is 2.82. The van der Waals surface area contributed by atoms with E-state index in [1.54, 1.807) is 0 Å². The Balaban J connectivity index is 1.93. The Morgan fingerprint density at radius 3 is 2.84 bits per heavy atom. The molecule has 0 bridgehead atoms. The highest BCUT2D eigenvalue weighted by Crippen LogP contribution is 2.38. The minimum absolute atomic E-state index is 0.458. The van der Waals surface area contributed by atoms with Gasteiger partial charge in [-0.3, -0.25) is 0 Å². The SMILES string of the molecule is CN(C)c1onc2c1CC(c1ccccc1Cl)CC2. The second-order valence-electron chi connectivity index (χ2n) is 5.27. The maximum atomic E-state index is 6.31. The van der Waals surface area contributed by atoms with Gasteiger partial charge in [-0.2, -0.15) is 0 Å². The molecule has 19 heavy (non-hydrogen) atoms. The molecule has 0 saturated carbocycles. The summed E-state index contributed by atoms with van der Waals surface area (Å²) in [4.78, 5) is 1.99. The molecule has 1 heterocycles. The van der Waals surface area contributed by atoms with Gasteiger partial charge in [-0.1, -0.05) is 35.0 Å². The molecule has 0 aliphatic heterocycles. The lowest BCUT2D eigenvalue weighted by molar-refractivity contribution is 0.415. The molecule has 0 radical (unpaired) electrons. The number of rotatable bonds is 2. The third-order valence-corrected chi connectivity index (χ3v) is 4.12. The van der Waals surface area contributed by atoms with Crippen LogP contribution < -0.4 is 4.90 Å². The molecule has 0 saturated heterocycles. The third-order valence-electron chi connectivity index (χ3n) is 3.78. The average Bonchev–Trinajstić information content (AvgIpc) is 2.82. The summed E-state index contributed by atoms with van der Waals surface area (Å²) < 4.78 is 5.44. The fourth-order valence-corrected chi connectivity index (χ4v) is 3.11. The molecule has 0 spiro atoms. The molecule has 4 heteroatoms. The largest absolute Gasteiger partial charge is 0.347 e. The van der Waals surface area contributed by atoms with Gasteiger partial charge in [0.05, 0.1) is 5.69 Å². The van der Waals surface area contributed by atoms with E-state index in [9.17, 15) is 0 Å². The Bertz CT molecular complexity index is 592. The summed E-state index contributed by atoms with van der Waals surface area (Å²) in [5.41, 5.74) is 3.58. The zero-order valence-electron chi connectivity index (χ0n) is 11.2. The van der Waals surface area contributed by atoms with Gasteiger partial charge >= 0.3 is 0 Å². The number of anilines is 1. The Morgan fingerprint density at radius 2 is 2.11 bits per heavy atom. The molecule has 2 aromatic rings. The van der Waals surface area contributed by atoms with Gasteiger partial charge in [-0.05, 0) is 36.8 Å². The zero-order chi connectivity index (χ0) is 13.4. The molecule has 1 aromatic heterocycles. The summed E-state index contributed by atoms with van der Waals surface area (Å²) in [6.07, 6.45) is 2.99. The van der Waals surface area contributed by atoms with Gasteiger partial charge in [-0.25, -0.2) is 0 Å². The van der Waals surface area contributed by atoms with Gasteiger partial charge in [0.2, 0.25) is 5.88 Å². The Kier molecular flexibility index (Phi) is 3.23. The maximum Gasteiger partial charge on any atom is 0.230 e. The highest BCUT2D eigenvalue weighted by atomic mass is 35.5. The number of hydrogen-bond acceptors (Lipinski definition) is 3. The predicted molar refractivity (Wildman–Crippen MR) is 77.0 cm³/mol. The van der Waals surface area contributed by atoms with Crippen LogP contribution in [0.3, 0.4) is 0 Å². The van der Waals surface area contributed by atoms with Crippen LogP contribution in [-0.2, 0) is 12.8 Å². The molecule has 1 aromatic carbocycles. The molecular formula is C15H17ClN2O. The first-order valence-electron chi connectivity index (χ1n) is 6.56. The van der Waals surface area contributed by atoms with Crippen molar-refractivity contribution in [2.24, 2.45) is 0 Å². The standard InChI is InChI=1S/C15H17ClN2O/c1-18(2)15-12-9-10(7-8-14(12)17-19-15)11-5-3-4-6-13(11)16/h3-6,10H,7-9H2,1-2H3. The molecule has 0 amide bonds. The highest BCUT2D eigenvalue weighted by Gasteiger charge is 2.28. The molecule has 3 nitrogen and oxygen atoms in total. The summed E-state index contributed by atoms with van der Waals surface area (Å²) in [5, 5.41) is 5.04. The first-order valence-corrected chi connectivity index (χ1v) is 6.93. The minimum Gasteiger partial charge on any atom is -0.347 e. The van der Waals surface area contributed by atoms with Crippen molar-refractivity contribution in [3.05, 3.63) is 46.1 Å². The van der Waals surface area contributed by atoms with Crippen molar-refractivity contribution >= 4 is 17.5 Å². The third kappa shape index (κ3) is 2.23. The van der Waals surface area contributed by atoms with Gasteiger partial charge in [0.1, 0.15) is 0 Å². The number of aryl methyl sites for hydroxylation is 1. The van der Waals surface area contributed by atoms with Gasteiger partial charge in [0.25, 0.3) is 0 Å². The van der Waals surface area contributed by atoms with Crippen molar-refractivity contribution < 1.29 is 4.52 Å². The van der Waals surface area contributed by atoms with Gasteiger partial charge in [0.15, 0.2) is 0 Å². The van der Waals surface area contributed by atoms with Crippen molar-refractivity contribution in [2.45, 2.75) is 25.2 Å². The van der Waals surface area contributed by atoms with E-state index in [0.717, 1.165) is 35.9 Å². The van der Waals surface area contributed by atoms with Crippen LogP contribution in [0.5, 0.6) is 0 Å². The van der Waals surface area contributed by atoms with Crippen molar-refractivity contribution in [1.82, 2.24) is 5.16 Å². The molecule has 0 N–H and O–H groups in total. The second-order valence-corrected chi connectivity index (χ2v) is 5.68. The molecule has 1 aliphatic carbocycles. The number of nitrogens with zero attached hydrogens (tertiary/aromatic N) is 2. The number of benzene rings is 1. The van der Waals surface area contributed by atoms with Crippen LogP contribution in [0.15, 0.2) is 28.8 Å². The lowest BCUT2D eigenvalue weighted by Crippen LogP contribution is -2.16. The van der Waals surface area contributed by atoms with Crippen LogP contribution in [0.25, 0.3) is 0 Å². The summed E-state index contributed by atoms with van der Waals surface area (Å²) in [6, 6.07) is 8.12. The highest BCUT2D eigenvalue weighted by molar-refractivity contribution is 6.31. The summed E-state index contributed by atoms with van der Waals surface area (Å²) in [6.45, 7) is 0. The summed E-state index contributed by atoms with van der Waals surface area (Å²) in [5.74, 6) is 1.34. The van der Waals surface area contributed by atoms with Gasteiger partial charge in [-0.15, -0.1) is 0 Å². The van der Waals surface area contributed by atoms with Crippen LogP contribution >= 0.6 is 11.6 Å². The van der Waals surface area contributed by atoms with Crippen LogP contribution in [0, 0.1) is 0 Å². The summed E-state index contributed by atoms with van der Waals surface area (Å²) in [7, 11) is 3.97. The number of hydrogen-bond donors (Lipinski definition) is 0. The van der Waals surface area contributed by atoms with E-state index in [0.29, 0.717) is 5.92 Å². The van der Waals surface area contributed by atoms with Crippen LogP contribution in [0.2, 0.25) is 5.02 Å². The van der Waals surface area contributed by atoms with Gasteiger partial charge in [0, 0.05) is 24.7 Å². The smallest absolute Gasteiger partial charge is 0.230 e. The quantitative estimate of drug-likeness (QED) is 0.838. The monoisotopic (exact) mass is 276 g/mol. The van der Waals surface area contributed by atoms with Gasteiger partial charge < -0.3 is 9.42 Å². The minimum atomic E-state index is 0.458. The Labute approximate surface area is 118 Å². The Morgan fingerprint density at radius 1 is 1.32 bits per heavy atom. The molecule has 1 atom stereocenters. The van der Waals surface area contributed by atoms with E-state index >= 15 is 0 Å². The van der Waals surface area contributed by atoms with E-state index in [1.165, 1.54) is 11.1 Å². The maximum absolute atomic E-state index is 6.31. The second kappa shape index (κ2) is 4.89. The van der Waals surface area contributed by atoms with Crippen molar-refractivity contribution in [2.75, 3.05) is 19.0 Å². The lowest BCUT2D eigenvalue weighted by Gasteiger charge is -2.23. The predicted octanol–water partition coefficient (Wildman–Crippen LogP) is 3.67. The number of fused-ring (bicyclic) bond motifs is 1. The van der Waals surface area contributed by atoms with E-state index in [-0.39, 0.29) is 0 Å². The van der Waals surface area contributed by atoms with E-state index in [2.05, 4.69) is 17.3 Å². The van der Waals surface area contributed by atoms with Crippen molar-refractivity contribution in [3.8, 4) is 0 Å². The van der Waals surface area contributed by atoms with Crippen LogP contribution in [-0.4, -0.2) is 19.3 Å². The molecule has 0 fully saturated rings. The van der Waals surface area contributed by atoms with E-state index in [1.807, 2.05) is 31.1 Å². The van der Waals surface area contributed by atoms with Crippen molar-refractivity contribution in [1.29, 1.82) is 0 Å². The first-order chi connectivity index (χ1) is 9.16. The fraction of sp³-hybridized carbons (Fsp3) is 0.400. The normalized spacial score (nSPS) is 18.2. The van der Waals surface area contributed by atoms with Crippen molar-refractivity contribution in [3.63, 3.8) is 0 Å².